The first-order valence-corrected chi connectivity index (χ1v) is 9.12. The highest BCUT2D eigenvalue weighted by atomic mass is 16.1. The maximum Gasteiger partial charge on any atom is 0.223 e. The summed E-state index contributed by atoms with van der Waals surface area (Å²) in [5.74, 6) is 2.06. The molecule has 0 unspecified atom stereocenters. The van der Waals surface area contributed by atoms with Crippen LogP contribution in [-0.2, 0) is 24.2 Å². The number of rotatable bonds is 6. The first kappa shape index (κ1) is 17.5. The van der Waals surface area contributed by atoms with Gasteiger partial charge in [-0.25, -0.2) is 9.97 Å². The molecule has 0 bridgehead atoms. The number of nitrogens with one attached hydrogen (secondary N) is 2. The van der Waals surface area contributed by atoms with Gasteiger partial charge in [0.15, 0.2) is 0 Å². The number of pyridine rings is 1. The molecule has 1 atom stereocenters. The molecule has 1 aliphatic rings. The Labute approximate surface area is 149 Å². The molecule has 6 heteroatoms. The van der Waals surface area contributed by atoms with E-state index in [9.17, 15) is 4.79 Å². The number of aromatic nitrogens is 3. The van der Waals surface area contributed by atoms with E-state index in [4.69, 9.17) is 0 Å². The third kappa shape index (κ3) is 4.00. The second-order valence-corrected chi connectivity index (χ2v) is 6.60. The van der Waals surface area contributed by atoms with E-state index in [2.05, 4.69) is 39.0 Å². The van der Waals surface area contributed by atoms with Gasteiger partial charge in [0.2, 0.25) is 5.91 Å². The molecular weight excluding hydrogens is 314 g/mol. The monoisotopic (exact) mass is 341 g/mol. The van der Waals surface area contributed by atoms with Crippen LogP contribution in [-0.4, -0.2) is 33.9 Å². The summed E-state index contributed by atoms with van der Waals surface area (Å²) in [6, 6.07) is 4.06. The van der Waals surface area contributed by atoms with Crippen molar-refractivity contribution in [3.8, 4) is 0 Å². The van der Waals surface area contributed by atoms with Crippen molar-refractivity contribution in [1.29, 1.82) is 0 Å². The van der Waals surface area contributed by atoms with E-state index in [0.29, 0.717) is 6.54 Å². The fraction of sp³-hybridized carbons (Fsp3) is 0.526. The van der Waals surface area contributed by atoms with Crippen molar-refractivity contribution in [2.75, 3.05) is 18.0 Å². The molecular formula is C19H27N5O. The van der Waals surface area contributed by atoms with Crippen LogP contribution in [0.25, 0.3) is 0 Å². The smallest absolute Gasteiger partial charge is 0.223 e. The van der Waals surface area contributed by atoms with Crippen LogP contribution in [0.2, 0.25) is 0 Å². The van der Waals surface area contributed by atoms with E-state index in [-0.39, 0.29) is 11.8 Å². The summed E-state index contributed by atoms with van der Waals surface area (Å²) in [6.07, 6.45) is 4.34. The Morgan fingerprint density at radius 3 is 2.84 bits per heavy atom. The topological polar surface area (TPSA) is 73.9 Å². The molecule has 6 nitrogen and oxygen atoms in total. The van der Waals surface area contributed by atoms with Crippen LogP contribution in [0.15, 0.2) is 18.3 Å². The van der Waals surface area contributed by atoms with Gasteiger partial charge in [0.1, 0.15) is 11.6 Å². The number of fused-ring (bicyclic) bond motifs is 1. The van der Waals surface area contributed by atoms with Crippen molar-refractivity contribution in [3.63, 3.8) is 0 Å². The van der Waals surface area contributed by atoms with Gasteiger partial charge in [0.25, 0.3) is 0 Å². The Hall–Kier alpha value is -2.37. The van der Waals surface area contributed by atoms with Gasteiger partial charge in [0.05, 0.1) is 5.69 Å². The lowest BCUT2D eigenvalue weighted by Crippen LogP contribution is -2.33. The molecule has 1 amide bonds. The van der Waals surface area contributed by atoms with Gasteiger partial charge in [-0.3, -0.25) is 4.79 Å². The highest BCUT2D eigenvalue weighted by Gasteiger charge is 2.26. The van der Waals surface area contributed by atoms with Crippen molar-refractivity contribution in [3.05, 3.63) is 41.1 Å². The standard InChI is InChI=1S/C19H27N5O/c1-4-24(5-2)18-9-6-14(11-20-18)12-21-19(25)15-7-8-16-17(10-15)23-13(3)22-16/h6,9,11,15H,4-5,7-8,10,12H2,1-3H3,(H,21,25)(H,22,23)/t15-/m1/s1. The summed E-state index contributed by atoms with van der Waals surface area (Å²) in [7, 11) is 0. The molecule has 2 heterocycles. The largest absolute Gasteiger partial charge is 0.357 e. The van der Waals surface area contributed by atoms with Crippen LogP contribution in [0.4, 0.5) is 5.82 Å². The Balaban J connectivity index is 1.54. The fourth-order valence-corrected chi connectivity index (χ4v) is 3.44. The Morgan fingerprint density at radius 1 is 1.36 bits per heavy atom. The van der Waals surface area contributed by atoms with E-state index < -0.39 is 0 Å². The maximum atomic E-state index is 12.5. The van der Waals surface area contributed by atoms with E-state index in [1.807, 2.05) is 25.3 Å². The van der Waals surface area contributed by atoms with Gasteiger partial charge in [-0.15, -0.1) is 0 Å². The predicted molar refractivity (Wildman–Crippen MR) is 98.5 cm³/mol. The van der Waals surface area contributed by atoms with E-state index >= 15 is 0 Å². The molecule has 0 radical (unpaired) electrons. The van der Waals surface area contributed by atoms with E-state index in [1.54, 1.807) is 0 Å². The lowest BCUT2D eigenvalue weighted by Gasteiger charge is -2.21. The first-order valence-electron chi connectivity index (χ1n) is 9.12. The number of aromatic amines is 1. The van der Waals surface area contributed by atoms with Gasteiger partial charge >= 0.3 is 0 Å². The number of H-pyrrole nitrogens is 1. The number of hydrogen-bond donors (Lipinski definition) is 2. The molecule has 25 heavy (non-hydrogen) atoms. The zero-order valence-electron chi connectivity index (χ0n) is 15.3. The summed E-state index contributed by atoms with van der Waals surface area (Å²) in [4.78, 5) is 26.9. The highest BCUT2D eigenvalue weighted by Crippen LogP contribution is 2.24. The summed E-state index contributed by atoms with van der Waals surface area (Å²) >= 11 is 0. The average Bonchev–Trinajstić information content (AvgIpc) is 3.01. The van der Waals surface area contributed by atoms with Gasteiger partial charge in [-0.05, 0) is 45.2 Å². The van der Waals surface area contributed by atoms with Crippen molar-refractivity contribution in [1.82, 2.24) is 20.3 Å². The lowest BCUT2D eigenvalue weighted by atomic mass is 9.89. The van der Waals surface area contributed by atoms with Crippen molar-refractivity contribution in [2.24, 2.45) is 5.92 Å². The van der Waals surface area contributed by atoms with Gasteiger partial charge < -0.3 is 15.2 Å². The van der Waals surface area contributed by atoms with Gasteiger partial charge in [-0.2, -0.15) is 0 Å². The Bertz CT molecular complexity index is 718. The van der Waals surface area contributed by atoms with Crippen LogP contribution in [0.3, 0.4) is 0 Å². The highest BCUT2D eigenvalue weighted by molar-refractivity contribution is 5.79. The van der Waals surface area contributed by atoms with Crippen molar-refractivity contribution in [2.45, 2.75) is 46.6 Å². The van der Waals surface area contributed by atoms with Crippen LogP contribution in [0, 0.1) is 12.8 Å². The Morgan fingerprint density at radius 2 is 2.16 bits per heavy atom. The number of imidazole rings is 1. The quantitative estimate of drug-likeness (QED) is 0.846. The molecule has 2 aromatic heterocycles. The maximum absolute atomic E-state index is 12.5. The molecule has 0 fully saturated rings. The summed E-state index contributed by atoms with van der Waals surface area (Å²) < 4.78 is 0. The summed E-state index contributed by atoms with van der Waals surface area (Å²) in [6.45, 7) is 8.61. The SMILES string of the molecule is CCN(CC)c1ccc(CNC(=O)[C@@H]2CCc3nc(C)[nH]c3C2)cn1. The molecule has 0 saturated carbocycles. The number of aryl methyl sites for hydroxylation is 2. The molecule has 2 aromatic rings. The lowest BCUT2D eigenvalue weighted by molar-refractivity contribution is -0.125. The van der Waals surface area contributed by atoms with Crippen molar-refractivity contribution < 1.29 is 4.79 Å². The van der Waals surface area contributed by atoms with Crippen LogP contribution in [0.1, 0.15) is 43.0 Å². The second-order valence-electron chi connectivity index (χ2n) is 6.60. The third-order valence-electron chi connectivity index (χ3n) is 4.90. The zero-order chi connectivity index (χ0) is 17.8. The number of nitrogens with zero attached hydrogens (tertiary/aromatic N) is 3. The van der Waals surface area contributed by atoms with E-state index in [0.717, 1.165) is 60.9 Å². The third-order valence-corrected chi connectivity index (χ3v) is 4.90. The van der Waals surface area contributed by atoms with E-state index in [1.165, 1.54) is 0 Å². The Kier molecular flexibility index (Phi) is 5.36. The molecule has 3 rings (SSSR count). The molecule has 0 aromatic carbocycles. The first-order chi connectivity index (χ1) is 12.1. The summed E-state index contributed by atoms with van der Waals surface area (Å²) in [5.41, 5.74) is 3.27. The predicted octanol–water partition coefficient (Wildman–Crippen LogP) is 2.38. The van der Waals surface area contributed by atoms with Gasteiger partial charge in [0, 0.05) is 43.9 Å². The molecule has 0 saturated heterocycles. The molecule has 0 spiro atoms. The second kappa shape index (κ2) is 7.68. The minimum Gasteiger partial charge on any atom is -0.357 e. The van der Waals surface area contributed by atoms with Crippen molar-refractivity contribution >= 4 is 11.7 Å². The normalized spacial score (nSPS) is 16.4. The van der Waals surface area contributed by atoms with Crippen LogP contribution in [0.5, 0.6) is 0 Å². The molecule has 0 aliphatic heterocycles. The average molecular weight is 341 g/mol. The van der Waals surface area contributed by atoms with Gasteiger partial charge in [-0.1, -0.05) is 6.07 Å². The van der Waals surface area contributed by atoms with Crippen LogP contribution >= 0.6 is 0 Å². The molecule has 2 N–H and O–H groups in total. The van der Waals surface area contributed by atoms with Crippen LogP contribution < -0.4 is 10.2 Å². The number of carbonyl (C=O) groups is 1. The fourth-order valence-electron chi connectivity index (χ4n) is 3.44. The number of amides is 1. The number of anilines is 1. The minimum atomic E-state index is 0.0234. The number of hydrogen-bond acceptors (Lipinski definition) is 4. The molecule has 1 aliphatic carbocycles. The minimum absolute atomic E-state index is 0.0234. The molecule has 134 valence electrons. The zero-order valence-corrected chi connectivity index (χ0v) is 15.3. The summed E-state index contributed by atoms with van der Waals surface area (Å²) in [5, 5.41) is 3.06. The number of carbonyl (C=O) groups excluding carboxylic acids is 1.